The molecule has 0 fully saturated rings. The molecule has 1 aromatic rings. The van der Waals surface area contributed by atoms with E-state index in [1.807, 2.05) is 0 Å². The molecule has 0 radical (unpaired) electrons. The van der Waals surface area contributed by atoms with Crippen LogP contribution >= 0.6 is 0 Å². The van der Waals surface area contributed by atoms with Crippen molar-refractivity contribution in [3.63, 3.8) is 0 Å². The van der Waals surface area contributed by atoms with E-state index >= 15 is 0 Å². The van der Waals surface area contributed by atoms with Gasteiger partial charge in [0.2, 0.25) is 0 Å². The van der Waals surface area contributed by atoms with E-state index in [0.717, 1.165) is 0 Å². The van der Waals surface area contributed by atoms with Crippen LogP contribution in [0.5, 0.6) is 5.75 Å². The third kappa shape index (κ3) is 1.92. The smallest absolute Gasteiger partial charge is 0.284 e. The molecule has 0 bridgehead atoms. The van der Waals surface area contributed by atoms with Crippen molar-refractivity contribution in [3.8, 4) is 5.75 Å². The van der Waals surface area contributed by atoms with Gasteiger partial charge in [-0.25, -0.2) is 8.78 Å². The molecule has 0 atom stereocenters. The molecule has 1 heterocycles. The minimum Gasteiger partial charge on any atom is -0.494 e. The Bertz CT molecular complexity index is 291. The molecule has 72 valence electrons. The number of methoxy groups -OCH3 is 1. The fraction of sp³-hybridized carbons (Fsp3) is 0.375. The van der Waals surface area contributed by atoms with Crippen molar-refractivity contribution < 1.29 is 13.5 Å². The average Bonchev–Trinajstić information content (AvgIpc) is 2.16. The summed E-state index contributed by atoms with van der Waals surface area (Å²) in [5.74, 6) is 0.0833. The van der Waals surface area contributed by atoms with Gasteiger partial charge in [-0.3, -0.25) is 4.98 Å². The first-order valence-electron chi connectivity index (χ1n) is 3.70. The molecule has 0 aliphatic heterocycles. The van der Waals surface area contributed by atoms with E-state index in [-0.39, 0.29) is 18.0 Å². The van der Waals surface area contributed by atoms with Crippen LogP contribution in [0.25, 0.3) is 0 Å². The lowest BCUT2D eigenvalue weighted by atomic mass is 10.2. The maximum absolute atomic E-state index is 12.3. The lowest BCUT2D eigenvalue weighted by Crippen LogP contribution is -2.04. The molecule has 0 aromatic carbocycles. The van der Waals surface area contributed by atoms with Gasteiger partial charge in [0, 0.05) is 18.3 Å². The summed E-state index contributed by atoms with van der Waals surface area (Å²) in [5, 5.41) is 0. The van der Waals surface area contributed by atoms with Crippen LogP contribution in [0.1, 0.15) is 17.7 Å². The predicted octanol–water partition coefficient (Wildman–Crippen LogP) is 1.49. The van der Waals surface area contributed by atoms with Gasteiger partial charge in [0.1, 0.15) is 5.69 Å². The van der Waals surface area contributed by atoms with Gasteiger partial charge in [-0.2, -0.15) is 0 Å². The van der Waals surface area contributed by atoms with Crippen molar-refractivity contribution in [2.75, 3.05) is 7.11 Å². The predicted molar refractivity (Wildman–Crippen MR) is 43.6 cm³/mol. The van der Waals surface area contributed by atoms with Gasteiger partial charge in [0.25, 0.3) is 6.43 Å². The number of hydrogen-bond acceptors (Lipinski definition) is 3. The van der Waals surface area contributed by atoms with Gasteiger partial charge in [-0.15, -0.1) is 0 Å². The summed E-state index contributed by atoms with van der Waals surface area (Å²) in [4.78, 5) is 3.53. The zero-order valence-corrected chi connectivity index (χ0v) is 7.13. The summed E-state index contributed by atoms with van der Waals surface area (Å²) < 4.78 is 29.5. The molecule has 0 aliphatic carbocycles. The molecule has 0 aliphatic rings. The van der Waals surface area contributed by atoms with Crippen molar-refractivity contribution in [2.45, 2.75) is 13.0 Å². The van der Waals surface area contributed by atoms with Crippen molar-refractivity contribution in [3.05, 3.63) is 23.5 Å². The van der Waals surface area contributed by atoms with Crippen molar-refractivity contribution in [1.29, 1.82) is 0 Å². The molecule has 0 saturated carbocycles. The number of nitrogens with zero attached hydrogens (tertiary/aromatic N) is 1. The van der Waals surface area contributed by atoms with Crippen LogP contribution in [0.15, 0.2) is 12.3 Å². The standard InChI is InChI=1S/C8H10F2N2O/c1-13-7-5(4-11)2-3-12-6(7)8(9)10/h2-3,8H,4,11H2,1H3. The summed E-state index contributed by atoms with van der Waals surface area (Å²) in [7, 11) is 1.32. The summed E-state index contributed by atoms with van der Waals surface area (Å²) in [6.45, 7) is 0.158. The molecular formula is C8H10F2N2O. The Morgan fingerprint density at radius 2 is 2.31 bits per heavy atom. The number of rotatable bonds is 3. The average molecular weight is 188 g/mol. The molecule has 0 amide bonds. The Balaban J connectivity index is 3.19. The quantitative estimate of drug-likeness (QED) is 0.781. The molecule has 0 unspecified atom stereocenters. The Morgan fingerprint density at radius 3 is 2.77 bits per heavy atom. The molecule has 1 aromatic heterocycles. The molecule has 3 nitrogen and oxygen atoms in total. The number of halogens is 2. The number of aromatic nitrogens is 1. The second-order valence-electron chi connectivity index (χ2n) is 2.39. The van der Waals surface area contributed by atoms with Crippen LogP contribution < -0.4 is 10.5 Å². The SMILES string of the molecule is COc1c(CN)ccnc1C(F)F. The monoisotopic (exact) mass is 188 g/mol. The highest BCUT2D eigenvalue weighted by Crippen LogP contribution is 2.29. The highest BCUT2D eigenvalue weighted by atomic mass is 19.3. The summed E-state index contributed by atoms with van der Waals surface area (Å²) in [6, 6.07) is 1.56. The minimum atomic E-state index is -2.64. The van der Waals surface area contributed by atoms with E-state index < -0.39 is 6.43 Å². The summed E-state index contributed by atoms with van der Waals surface area (Å²) >= 11 is 0. The maximum atomic E-state index is 12.3. The number of pyridine rings is 1. The Hall–Kier alpha value is -1.23. The van der Waals surface area contributed by atoms with Gasteiger partial charge in [0.05, 0.1) is 7.11 Å². The molecule has 5 heteroatoms. The van der Waals surface area contributed by atoms with E-state index in [0.29, 0.717) is 5.56 Å². The lowest BCUT2D eigenvalue weighted by molar-refractivity contribution is 0.141. The lowest BCUT2D eigenvalue weighted by Gasteiger charge is -2.10. The number of alkyl halides is 2. The van der Waals surface area contributed by atoms with Crippen LogP contribution in [-0.4, -0.2) is 12.1 Å². The Kier molecular flexibility index (Phi) is 3.13. The van der Waals surface area contributed by atoms with Crippen LogP contribution in [0.4, 0.5) is 8.78 Å². The zero-order chi connectivity index (χ0) is 9.84. The molecular weight excluding hydrogens is 178 g/mol. The number of ether oxygens (including phenoxy) is 1. The third-order valence-corrected chi connectivity index (χ3v) is 1.64. The number of hydrogen-bond donors (Lipinski definition) is 1. The second-order valence-corrected chi connectivity index (χ2v) is 2.39. The normalized spacial score (nSPS) is 10.5. The largest absolute Gasteiger partial charge is 0.494 e. The fourth-order valence-corrected chi connectivity index (χ4v) is 1.06. The third-order valence-electron chi connectivity index (χ3n) is 1.64. The van der Waals surface area contributed by atoms with Gasteiger partial charge in [0.15, 0.2) is 5.75 Å². The summed E-state index contributed by atoms with van der Waals surface area (Å²) in [5.41, 5.74) is 5.52. The first-order chi connectivity index (χ1) is 6.20. The molecule has 1 rings (SSSR count). The highest BCUT2D eigenvalue weighted by Gasteiger charge is 2.17. The van der Waals surface area contributed by atoms with Crippen molar-refractivity contribution in [1.82, 2.24) is 4.98 Å². The minimum absolute atomic E-state index is 0.0833. The first kappa shape index (κ1) is 9.85. The van der Waals surface area contributed by atoms with Gasteiger partial charge < -0.3 is 10.5 Å². The van der Waals surface area contributed by atoms with E-state index in [4.69, 9.17) is 10.5 Å². The molecule has 13 heavy (non-hydrogen) atoms. The maximum Gasteiger partial charge on any atom is 0.284 e. The topological polar surface area (TPSA) is 48.1 Å². The fourth-order valence-electron chi connectivity index (χ4n) is 1.06. The Labute approximate surface area is 74.5 Å². The second kappa shape index (κ2) is 4.13. The van der Waals surface area contributed by atoms with Crippen molar-refractivity contribution >= 4 is 0 Å². The molecule has 0 saturated heterocycles. The van der Waals surface area contributed by atoms with Crippen LogP contribution in [0, 0.1) is 0 Å². The Morgan fingerprint density at radius 1 is 1.62 bits per heavy atom. The molecule has 2 N–H and O–H groups in total. The highest BCUT2D eigenvalue weighted by molar-refractivity contribution is 5.37. The van der Waals surface area contributed by atoms with E-state index in [1.54, 1.807) is 6.07 Å². The van der Waals surface area contributed by atoms with Crippen LogP contribution in [-0.2, 0) is 6.54 Å². The summed E-state index contributed by atoms with van der Waals surface area (Å²) in [6.07, 6.45) is -1.34. The van der Waals surface area contributed by atoms with Gasteiger partial charge >= 0.3 is 0 Å². The zero-order valence-electron chi connectivity index (χ0n) is 7.13. The van der Waals surface area contributed by atoms with Crippen LogP contribution in [0.2, 0.25) is 0 Å². The van der Waals surface area contributed by atoms with E-state index in [1.165, 1.54) is 13.3 Å². The van der Waals surface area contributed by atoms with Gasteiger partial charge in [-0.05, 0) is 6.07 Å². The van der Waals surface area contributed by atoms with E-state index in [9.17, 15) is 8.78 Å². The number of nitrogens with two attached hydrogens (primary N) is 1. The van der Waals surface area contributed by atoms with Gasteiger partial charge in [-0.1, -0.05) is 0 Å². The van der Waals surface area contributed by atoms with Crippen LogP contribution in [0.3, 0.4) is 0 Å². The van der Waals surface area contributed by atoms with Crippen molar-refractivity contribution in [2.24, 2.45) is 5.73 Å². The molecule has 0 spiro atoms. The van der Waals surface area contributed by atoms with E-state index in [2.05, 4.69) is 4.98 Å². The first-order valence-corrected chi connectivity index (χ1v) is 3.70.